The number of nitrogens with one attached hydrogen (secondary N) is 2. The van der Waals surface area contributed by atoms with E-state index in [1.165, 1.54) is 6.07 Å². The Balaban J connectivity index is 1.75. The average Bonchev–Trinajstić information content (AvgIpc) is 3.02. The minimum Gasteiger partial charge on any atom is -0.493 e. The molecule has 0 saturated carbocycles. The number of aryl methyl sites for hydroxylation is 1. The smallest absolute Gasteiger partial charge is 0.387 e. The third-order valence-electron chi connectivity index (χ3n) is 4.75. The monoisotopic (exact) mass is 462 g/mol. The molecule has 0 spiro atoms. The quantitative estimate of drug-likeness (QED) is 0.458. The van der Waals surface area contributed by atoms with Crippen LogP contribution in [0, 0.1) is 13.8 Å². The van der Waals surface area contributed by atoms with Crippen molar-refractivity contribution in [2.24, 2.45) is 0 Å². The molecular weight excluding hydrogens is 438 g/mol. The van der Waals surface area contributed by atoms with Crippen molar-refractivity contribution in [2.75, 3.05) is 24.9 Å². The molecule has 0 saturated heterocycles. The maximum Gasteiger partial charge on any atom is 0.387 e. The van der Waals surface area contributed by atoms with Gasteiger partial charge < -0.3 is 24.8 Å². The molecule has 7 nitrogen and oxygen atoms in total. The highest BCUT2D eigenvalue weighted by atomic mass is 32.1. The summed E-state index contributed by atoms with van der Waals surface area (Å²) in [7, 11) is 3.18. The molecule has 0 bridgehead atoms. The molecular formula is C22H24F2N4O3S. The van der Waals surface area contributed by atoms with Crippen LogP contribution < -0.4 is 24.8 Å². The van der Waals surface area contributed by atoms with E-state index in [2.05, 4.69) is 20.5 Å². The molecule has 2 N–H and O–H groups in total. The van der Waals surface area contributed by atoms with Gasteiger partial charge in [0.1, 0.15) is 5.75 Å². The number of ether oxygens (including phenoxy) is 3. The number of alkyl halides is 2. The second-order valence-electron chi connectivity index (χ2n) is 6.85. The van der Waals surface area contributed by atoms with E-state index in [0.29, 0.717) is 23.7 Å². The van der Waals surface area contributed by atoms with Crippen LogP contribution in [0.15, 0.2) is 42.5 Å². The molecule has 0 aliphatic rings. The van der Waals surface area contributed by atoms with E-state index in [0.717, 1.165) is 22.6 Å². The Morgan fingerprint density at radius 2 is 1.75 bits per heavy atom. The van der Waals surface area contributed by atoms with Crippen LogP contribution >= 0.6 is 12.2 Å². The van der Waals surface area contributed by atoms with Crippen LogP contribution in [0.3, 0.4) is 0 Å². The fraction of sp³-hybridized carbons (Fsp3) is 0.273. The highest BCUT2D eigenvalue weighted by Gasteiger charge is 2.15. The maximum atomic E-state index is 12.6. The summed E-state index contributed by atoms with van der Waals surface area (Å²) in [5.74, 6) is 1.30. The Morgan fingerprint density at radius 1 is 1.03 bits per heavy atom. The Labute approximate surface area is 190 Å². The van der Waals surface area contributed by atoms with Crippen molar-refractivity contribution in [1.29, 1.82) is 0 Å². The standard InChI is InChI=1S/C22H24F2N4O3S/c1-13-20(26-22(32)25-16-7-5-6-8-17(16)31-21(23)24)14(2)28(27-13)12-15-9-10-18(29-3)19(11-15)30-4/h5-11,21H,12H2,1-4H3,(H2,25,26,32). The van der Waals surface area contributed by atoms with Crippen LogP contribution in [0.1, 0.15) is 17.0 Å². The molecule has 3 aromatic rings. The molecule has 1 aromatic heterocycles. The van der Waals surface area contributed by atoms with Gasteiger partial charge >= 0.3 is 6.61 Å². The van der Waals surface area contributed by atoms with Crippen molar-refractivity contribution in [3.8, 4) is 17.2 Å². The number of anilines is 2. The molecule has 0 amide bonds. The predicted octanol–water partition coefficient (Wildman–Crippen LogP) is 4.98. The van der Waals surface area contributed by atoms with Crippen LogP contribution in [0.25, 0.3) is 0 Å². The lowest BCUT2D eigenvalue weighted by molar-refractivity contribution is -0.0493. The molecule has 0 fully saturated rings. The highest BCUT2D eigenvalue weighted by Crippen LogP contribution is 2.29. The largest absolute Gasteiger partial charge is 0.493 e. The topological polar surface area (TPSA) is 69.6 Å². The molecule has 0 atom stereocenters. The molecule has 1 heterocycles. The van der Waals surface area contributed by atoms with Crippen LogP contribution in [0.4, 0.5) is 20.2 Å². The molecule has 0 radical (unpaired) electrons. The number of methoxy groups -OCH3 is 2. The summed E-state index contributed by atoms with van der Waals surface area (Å²) in [5.41, 5.74) is 3.65. The van der Waals surface area contributed by atoms with Crippen LogP contribution in [0.5, 0.6) is 17.2 Å². The average molecular weight is 463 g/mol. The number of para-hydroxylation sites is 2. The molecule has 3 rings (SSSR count). The predicted molar refractivity (Wildman–Crippen MR) is 123 cm³/mol. The molecule has 32 heavy (non-hydrogen) atoms. The van der Waals surface area contributed by atoms with Crippen molar-refractivity contribution in [2.45, 2.75) is 27.0 Å². The zero-order chi connectivity index (χ0) is 23.3. The van der Waals surface area contributed by atoms with E-state index < -0.39 is 6.61 Å². The Bertz CT molecular complexity index is 1100. The number of thiocarbonyl (C=S) groups is 1. The van der Waals surface area contributed by atoms with Gasteiger partial charge in [-0.2, -0.15) is 13.9 Å². The lowest BCUT2D eigenvalue weighted by atomic mass is 10.2. The van der Waals surface area contributed by atoms with Gasteiger partial charge in [-0.25, -0.2) is 0 Å². The van der Waals surface area contributed by atoms with Gasteiger partial charge in [0.15, 0.2) is 16.6 Å². The lowest BCUT2D eigenvalue weighted by Crippen LogP contribution is -2.20. The van der Waals surface area contributed by atoms with E-state index in [4.69, 9.17) is 21.7 Å². The van der Waals surface area contributed by atoms with Gasteiger partial charge in [0.25, 0.3) is 0 Å². The first-order valence-corrected chi connectivity index (χ1v) is 10.1. The minimum atomic E-state index is -2.93. The number of aromatic nitrogens is 2. The summed E-state index contributed by atoms with van der Waals surface area (Å²) < 4.78 is 42.3. The van der Waals surface area contributed by atoms with Crippen LogP contribution in [-0.2, 0) is 6.54 Å². The van der Waals surface area contributed by atoms with E-state index in [-0.39, 0.29) is 10.9 Å². The van der Waals surface area contributed by atoms with E-state index >= 15 is 0 Å². The number of rotatable bonds is 8. The third kappa shape index (κ3) is 5.44. The number of halogens is 2. The Hall–Kier alpha value is -3.40. The van der Waals surface area contributed by atoms with Crippen LogP contribution in [0.2, 0.25) is 0 Å². The SMILES string of the molecule is COc1ccc(Cn2nc(C)c(NC(=S)Nc3ccccc3OC(F)F)c2C)cc1OC. The van der Waals surface area contributed by atoms with Gasteiger partial charge in [0.2, 0.25) is 0 Å². The van der Waals surface area contributed by atoms with Gasteiger partial charge in [-0.05, 0) is 55.9 Å². The van der Waals surface area contributed by atoms with Crippen LogP contribution in [-0.4, -0.2) is 35.7 Å². The first-order valence-electron chi connectivity index (χ1n) is 9.69. The summed E-state index contributed by atoms with van der Waals surface area (Å²) in [5, 5.41) is 10.8. The van der Waals surface area contributed by atoms with Gasteiger partial charge in [0, 0.05) is 0 Å². The second kappa shape index (κ2) is 10.3. The van der Waals surface area contributed by atoms with Crippen molar-refractivity contribution < 1.29 is 23.0 Å². The Kier molecular flexibility index (Phi) is 7.47. The molecule has 10 heteroatoms. The fourth-order valence-electron chi connectivity index (χ4n) is 3.22. The van der Waals surface area contributed by atoms with E-state index in [9.17, 15) is 8.78 Å². The first-order chi connectivity index (χ1) is 15.3. The van der Waals surface area contributed by atoms with E-state index in [1.54, 1.807) is 32.4 Å². The summed E-state index contributed by atoms with van der Waals surface area (Å²) in [4.78, 5) is 0. The van der Waals surface area contributed by atoms with Gasteiger partial charge in [-0.1, -0.05) is 18.2 Å². The van der Waals surface area contributed by atoms with Crippen molar-refractivity contribution in [3.63, 3.8) is 0 Å². The van der Waals surface area contributed by atoms with Gasteiger partial charge in [-0.3, -0.25) is 4.68 Å². The number of hydrogen-bond acceptors (Lipinski definition) is 5. The maximum absolute atomic E-state index is 12.6. The molecule has 2 aromatic carbocycles. The van der Waals surface area contributed by atoms with Gasteiger partial charge in [0.05, 0.1) is 43.5 Å². The zero-order valence-electron chi connectivity index (χ0n) is 18.1. The third-order valence-corrected chi connectivity index (χ3v) is 4.96. The lowest BCUT2D eigenvalue weighted by Gasteiger charge is -2.14. The molecule has 0 unspecified atom stereocenters. The first kappa shape index (κ1) is 23.3. The zero-order valence-corrected chi connectivity index (χ0v) is 18.9. The van der Waals surface area contributed by atoms with Gasteiger partial charge in [-0.15, -0.1) is 0 Å². The number of nitrogens with zero attached hydrogens (tertiary/aromatic N) is 2. The van der Waals surface area contributed by atoms with E-state index in [1.807, 2.05) is 36.7 Å². The summed E-state index contributed by atoms with van der Waals surface area (Å²) >= 11 is 5.38. The van der Waals surface area contributed by atoms with Crippen molar-refractivity contribution >= 4 is 28.7 Å². The summed E-state index contributed by atoms with van der Waals surface area (Å²) in [6, 6.07) is 12.0. The summed E-state index contributed by atoms with van der Waals surface area (Å²) in [6.07, 6.45) is 0. The van der Waals surface area contributed by atoms with Crippen molar-refractivity contribution in [3.05, 3.63) is 59.4 Å². The number of benzene rings is 2. The fourth-order valence-corrected chi connectivity index (χ4v) is 3.43. The minimum absolute atomic E-state index is 0.00393. The molecule has 0 aliphatic heterocycles. The molecule has 170 valence electrons. The number of hydrogen-bond donors (Lipinski definition) is 2. The Morgan fingerprint density at radius 3 is 2.44 bits per heavy atom. The summed E-state index contributed by atoms with van der Waals surface area (Å²) in [6.45, 7) is 1.36. The molecule has 0 aliphatic carbocycles. The van der Waals surface area contributed by atoms with Crippen molar-refractivity contribution in [1.82, 2.24) is 9.78 Å². The second-order valence-corrected chi connectivity index (χ2v) is 7.25. The highest BCUT2D eigenvalue weighted by molar-refractivity contribution is 7.80. The normalized spacial score (nSPS) is 10.7.